The molecule has 2 N–H and O–H groups in total. The van der Waals surface area contributed by atoms with Crippen molar-refractivity contribution in [3.8, 4) is 5.69 Å². The SMILES string of the molecule is Cc1cc(S(=O)(=O)Nc2nn(-c3ccc(Cl)cc3)c(=O)[nH]2)c(SCc2cccc3ccccc23)cc1Cl. The number of halogens is 2. The van der Waals surface area contributed by atoms with Crippen LogP contribution < -0.4 is 10.4 Å². The number of aromatic nitrogens is 3. The molecule has 0 unspecified atom stereocenters. The van der Waals surface area contributed by atoms with Crippen molar-refractivity contribution in [1.29, 1.82) is 0 Å². The van der Waals surface area contributed by atoms with Gasteiger partial charge in [0.25, 0.3) is 10.0 Å². The fourth-order valence-electron chi connectivity index (χ4n) is 3.84. The third kappa shape index (κ3) is 5.40. The third-order valence-electron chi connectivity index (χ3n) is 5.70. The molecule has 0 amide bonds. The molecule has 188 valence electrons. The highest BCUT2D eigenvalue weighted by atomic mass is 35.5. The van der Waals surface area contributed by atoms with E-state index in [4.69, 9.17) is 23.2 Å². The first-order valence-corrected chi connectivity index (χ1v) is 14.3. The Morgan fingerprint density at radius 2 is 1.73 bits per heavy atom. The highest BCUT2D eigenvalue weighted by molar-refractivity contribution is 7.99. The summed E-state index contributed by atoms with van der Waals surface area (Å²) in [7, 11) is -4.12. The maximum absolute atomic E-state index is 13.5. The summed E-state index contributed by atoms with van der Waals surface area (Å²) in [6.45, 7) is 1.73. The summed E-state index contributed by atoms with van der Waals surface area (Å²) in [6, 6.07) is 23.7. The minimum atomic E-state index is -4.12. The first kappa shape index (κ1) is 25.4. The molecule has 0 saturated carbocycles. The summed E-state index contributed by atoms with van der Waals surface area (Å²) in [5.41, 5.74) is 1.52. The molecular weight excluding hydrogens is 551 g/mol. The number of anilines is 1. The third-order valence-corrected chi connectivity index (χ3v) is 8.97. The molecule has 0 aliphatic heterocycles. The van der Waals surface area contributed by atoms with Crippen molar-refractivity contribution in [2.24, 2.45) is 0 Å². The summed E-state index contributed by atoms with van der Waals surface area (Å²) < 4.78 is 30.4. The van der Waals surface area contributed by atoms with E-state index < -0.39 is 15.7 Å². The topological polar surface area (TPSA) is 96.8 Å². The van der Waals surface area contributed by atoms with Gasteiger partial charge in [-0.3, -0.25) is 4.98 Å². The van der Waals surface area contributed by atoms with E-state index in [1.807, 2.05) is 42.5 Å². The van der Waals surface area contributed by atoms with Crippen LogP contribution >= 0.6 is 35.0 Å². The average Bonchev–Trinajstić information content (AvgIpc) is 3.23. The van der Waals surface area contributed by atoms with E-state index in [1.165, 1.54) is 17.8 Å². The van der Waals surface area contributed by atoms with Crippen molar-refractivity contribution in [1.82, 2.24) is 14.8 Å². The number of thioether (sulfide) groups is 1. The van der Waals surface area contributed by atoms with Gasteiger partial charge in [0, 0.05) is 20.7 Å². The van der Waals surface area contributed by atoms with Crippen LogP contribution in [-0.2, 0) is 15.8 Å². The molecule has 0 bridgehead atoms. The maximum atomic E-state index is 13.5. The molecule has 4 aromatic carbocycles. The second-order valence-electron chi connectivity index (χ2n) is 8.25. The molecular formula is C26H20Cl2N4O3S2. The van der Waals surface area contributed by atoms with Crippen LogP contribution in [0.5, 0.6) is 0 Å². The molecule has 5 aromatic rings. The molecule has 5 rings (SSSR count). The molecule has 0 fully saturated rings. The van der Waals surface area contributed by atoms with E-state index in [0.717, 1.165) is 21.0 Å². The fourth-order valence-corrected chi connectivity index (χ4v) is 6.78. The van der Waals surface area contributed by atoms with E-state index in [-0.39, 0.29) is 10.8 Å². The van der Waals surface area contributed by atoms with Gasteiger partial charge in [0.15, 0.2) is 0 Å². The van der Waals surface area contributed by atoms with Crippen LogP contribution in [0.2, 0.25) is 10.0 Å². The summed E-state index contributed by atoms with van der Waals surface area (Å²) in [5.74, 6) is 0.322. The van der Waals surface area contributed by atoms with E-state index in [2.05, 4.69) is 14.8 Å². The van der Waals surface area contributed by atoms with Crippen LogP contribution in [0.3, 0.4) is 0 Å². The number of rotatable bonds is 7. The minimum Gasteiger partial charge on any atom is -0.274 e. The smallest absolute Gasteiger partial charge is 0.274 e. The number of benzene rings is 4. The zero-order valence-electron chi connectivity index (χ0n) is 19.4. The van der Waals surface area contributed by atoms with Crippen LogP contribution in [0.1, 0.15) is 11.1 Å². The summed E-state index contributed by atoms with van der Waals surface area (Å²) in [6.07, 6.45) is 0. The lowest BCUT2D eigenvalue weighted by molar-refractivity contribution is 0.598. The summed E-state index contributed by atoms with van der Waals surface area (Å²) >= 11 is 13.7. The molecule has 1 aromatic heterocycles. The van der Waals surface area contributed by atoms with Gasteiger partial charge in [0.2, 0.25) is 5.95 Å². The van der Waals surface area contributed by atoms with E-state index in [0.29, 0.717) is 31.9 Å². The number of sulfonamides is 1. The normalized spacial score (nSPS) is 11.6. The lowest BCUT2D eigenvalue weighted by Crippen LogP contribution is -2.16. The number of H-pyrrole nitrogens is 1. The average molecular weight is 572 g/mol. The van der Waals surface area contributed by atoms with Gasteiger partial charge in [-0.25, -0.2) is 17.9 Å². The molecule has 0 saturated heterocycles. The van der Waals surface area contributed by atoms with Crippen LogP contribution in [0.25, 0.3) is 16.5 Å². The second-order valence-corrected chi connectivity index (χ2v) is 11.8. The number of hydrogen-bond donors (Lipinski definition) is 2. The lowest BCUT2D eigenvalue weighted by Gasteiger charge is -2.13. The summed E-state index contributed by atoms with van der Waals surface area (Å²) in [4.78, 5) is 15.4. The number of aromatic amines is 1. The number of nitrogens with zero attached hydrogens (tertiary/aromatic N) is 2. The largest absolute Gasteiger partial charge is 0.349 e. The molecule has 1 heterocycles. The summed E-state index contributed by atoms with van der Waals surface area (Å²) in [5, 5.41) is 7.27. The predicted molar refractivity (Wildman–Crippen MR) is 150 cm³/mol. The van der Waals surface area contributed by atoms with Crippen LogP contribution in [0, 0.1) is 6.92 Å². The zero-order chi connectivity index (χ0) is 26.2. The zero-order valence-corrected chi connectivity index (χ0v) is 22.5. The van der Waals surface area contributed by atoms with Crippen molar-refractivity contribution in [2.45, 2.75) is 22.5 Å². The molecule has 0 aliphatic carbocycles. The van der Waals surface area contributed by atoms with Crippen molar-refractivity contribution in [2.75, 3.05) is 4.72 Å². The highest BCUT2D eigenvalue weighted by Gasteiger charge is 2.23. The van der Waals surface area contributed by atoms with Gasteiger partial charge in [-0.1, -0.05) is 65.7 Å². The molecule has 0 spiro atoms. The van der Waals surface area contributed by atoms with Gasteiger partial charge in [-0.05, 0) is 65.2 Å². The van der Waals surface area contributed by atoms with Gasteiger partial charge in [-0.2, -0.15) is 4.68 Å². The molecule has 7 nitrogen and oxygen atoms in total. The Hall–Kier alpha value is -3.24. The fraction of sp³-hybridized carbons (Fsp3) is 0.0769. The Morgan fingerprint density at radius 3 is 2.51 bits per heavy atom. The van der Waals surface area contributed by atoms with Gasteiger partial charge >= 0.3 is 5.69 Å². The Kier molecular flexibility index (Phi) is 7.04. The Morgan fingerprint density at radius 1 is 1.00 bits per heavy atom. The highest BCUT2D eigenvalue weighted by Crippen LogP contribution is 2.35. The lowest BCUT2D eigenvalue weighted by atomic mass is 10.1. The van der Waals surface area contributed by atoms with Crippen molar-refractivity contribution >= 4 is 61.7 Å². The van der Waals surface area contributed by atoms with E-state index in [1.54, 1.807) is 37.3 Å². The quantitative estimate of drug-likeness (QED) is 0.220. The number of fused-ring (bicyclic) bond motifs is 1. The van der Waals surface area contributed by atoms with Gasteiger partial charge in [-0.15, -0.1) is 16.9 Å². The maximum Gasteiger partial charge on any atom is 0.349 e. The van der Waals surface area contributed by atoms with Crippen molar-refractivity contribution in [3.63, 3.8) is 0 Å². The van der Waals surface area contributed by atoms with Crippen LogP contribution in [0.15, 0.2) is 93.4 Å². The monoisotopic (exact) mass is 570 g/mol. The standard InChI is InChI=1S/C26H20Cl2N4O3S2/c1-16-13-24(23(14-22(16)28)36-15-18-7-4-6-17-5-2-3-8-21(17)18)37(34,35)31-25-29-26(33)32(30-25)20-11-9-19(27)10-12-20/h2-14H,15H2,1H3,(H2,29,30,31,33). The van der Waals surface area contributed by atoms with Gasteiger partial charge in [0.05, 0.1) is 5.69 Å². The first-order valence-electron chi connectivity index (χ1n) is 11.1. The Labute approximate surface area is 227 Å². The van der Waals surface area contributed by atoms with Crippen molar-refractivity contribution < 1.29 is 8.42 Å². The molecule has 37 heavy (non-hydrogen) atoms. The molecule has 0 atom stereocenters. The second kappa shape index (κ2) is 10.3. The van der Waals surface area contributed by atoms with Gasteiger partial charge < -0.3 is 0 Å². The Bertz CT molecular complexity index is 1780. The minimum absolute atomic E-state index is 0.0431. The van der Waals surface area contributed by atoms with Crippen LogP contribution in [-0.4, -0.2) is 23.2 Å². The van der Waals surface area contributed by atoms with Crippen LogP contribution in [0.4, 0.5) is 5.95 Å². The number of nitrogens with one attached hydrogen (secondary N) is 2. The molecule has 0 aliphatic rings. The Balaban J connectivity index is 1.46. The van der Waals surface area contributed by atoms with E-state index in [9.17, 15) is 13.2 Å². The van der Waals surface area contributed by atoms with Gasteiger partial charge in [0.1, 0.15) is 4.90 Å². The predicted octanol–water partition coefficient (Wildman–Crippen LogP) is 6.42. The van der Waals surface area contributed by atoms with E-state index >= 15 is 0 Å². The van der Waals surface area contributed by atoms with Crippen molar-refractivity contribution in [3.05, 3.63) is 111 Å². The first-order chi connectivity index (χ1) is 17.7. The molecule has 0 radical (unpaired) electrons. The number of hydrogen-bond acceptors (Lipinski definition) is 5. The molecule has 11 heteroatoms. The number of aryl methyl sites for hydroxylation is 1.